The maximum absolute atomic E-state index is 12.1. The van der Waals surface area contributed by atoms with E-state index in [0.29, 0.717) is 21.2 Å². The number of halogens is 1. The highest BCUT2D eigenvalue weighted by molar-refractivity contribution is 6.46. The molecule has 0 aliphatic carbocycles. The molecule has 2 N–H and O–H groups in total. The van der Waals surface area contributed by atoms with Gasteiger partial charge in [0.1, 0.15) is 6.07 Å². The summed E-state index contributed by atoms with van der Waals surface area (Å²) >= 11 is 6.35. The third-order valence-electron chi connectivity index (χ3n) is 4.25. The molecule has 0 saturated heterocycles. The molecule has 2 amide bonds. The Hall–Kier alpha value is -3.88. The molecule has 2 aromatic carbocycles. The van der Waals surface area contributed by atoms with Crippen molar-refractivity contribution in [2.75, 3.05) is 12.0 Å². The van der Waals surface area contributed by atoms with E-state index in [0.717, 1.165) is 11.1 Å². The smallest absolute Gasteiger partial charge is 0.414 e. The number of carbonyl (C=O) groups is 2. The van der Waals surface area contributed by atoms with Crippen LogP contribution >= 0.6 is 11.6 Å². The highest BCUT2D eigenvalue weighted by Crippen LogP contribution is 2.32. The first-order valence-corrected chi connectivity index (χ1v) is 9.24. The number of anilines is 1. The lowest BCUT2D eigenvalue weighted by Gasteiger charge is -2.14. The molecule has 8 nitrogen and oxygen atoms in total. The predicted octanol–water partition coefficient (Wildman–Crippen LogP) is 4.12. The van der Waals surface area contributed by atoms with Gasteiger partial charge in [-0.05, 0) is 37.1 Å². The Balaban J connectivity index is 2.26. The van der Waals surface area contributed by atoms with Crippen LogP contribution in [0.15, 0.2) is 47.6 Å². The quantitative estimate of drug-likeness (QED) is 0.530. The third-order valence-corrected chi connectivity index (χ3v) is 4.58. The number of hydrazone groups is 1. The highest BCUT2D eigenvalue weighted by Gasteiger charge is 2.24. The first-order valence-electron chi connectivity index (χ1n) is 8.86. The molecule has 0 bridgehead atoms. The van der Waals surface area contributed by atoms with Gasteiger partial charge >= 0.3 is 6.09 Å². The number of rotatable bonds is 6. The van der Waals surface area contributed by atoms with Crippen LogP contribution in [0.1, 0.15) is 29.5 Å². The Morgan fingerprint density at radius 3 is 2.40 bits per heavy atom. The van der Waals surface area contributed by atoms with Crippen molar-refractivity contribution >= 4 is 35.0 Å². The second-order valence-electron chi connectivity index (χ2n) is 6.23. The zero-order valence-corrected chi connectivity index (χ0v) is 17.0. The largest absolute Gasteiger partial charge is 0.465 e. The number of hydrogen-bond donors (Lipinski definition) is 2. The van der Waals surface area contributed by atoms with Crippen LogP contribution in [0.3, 0.4) is 0 Å². The molecule has 0 heterocycles. The van der Waals surface area contributed by atoms with Gasteiger partial charge in [0.25, 0.3) is 5.91 Å². The molecule has 152 valence electrons. The van der Waals surface area contributed by atoms with Crippen LogP contribution < -0.4 is 5.43 Å². The van der Waals surface area contributed by atoms with Gasteiger partial charge in [-0.15, -0.1) is 0 Å². The Bertz CT molecular complexity index is 1070. The first-order chi connectivity index (χ1) is 14.3. The monoisotopic (exact) mass is 423 g/mol. The van der Waals surface area contributed by atoms with Crippen molar-refractivity contribution in [2.24, 2.45) is 5.10 Å². The van der Waals surface area contributed by atoms with Crippen LogP contribution in [0, 0.1) is 29.6 Å². The summed E-state index contributed by atoms with van der Waals surface area (Å²) in [5.74, 6) is -1.60. The molecule has 1 atom stereocenters. The maximum Gasteiger partial charge on any atom is 0.414 e. The summed E-state index contributed by atoms with van der Waals surface area (Å²) in [6.45, 7) is 3.30. The summed E-state index contributed by atoms with van der Waals surface area (Å²) in [4.78, 5) is 23.6. The molecule has 0 saturated carbocycles. The second-order valence-corrected chi connectivity index (χ2v) is 6.63. The third kappa shape index (κ3) is 5.13. The fraction of sp³-hybridized carbons (Fsp3) is 0.190. The summed E-state index contributed by atoms with van der Waals surface area (Å²) < 4.78 is 0. The molecule has 0 aromatic heterocycles. The fourth-order valence-corrected chi connectivity index (χ4v) is 2.94. The minimum absolute atomic E-state index is 0.121. The second kappa shape index (κ2) is 10.1. The Morgan fingerprint density at radius 1 is 1.23 bits per heavy atom. The number of imide groups is 1. The summed E-state index contributed by atoms with van der Waals surface area (Å²) in [7, 11) is 0. The summed E-state index contributed by atoms with van der Waals surface area (Å²) in [5.41, 5.74) is 4.74. The van der Waals surface area contributed by atoms with E-state index in [9.17, 15) is 14.9 Å². The maximum atomic E-state index is 12.1. The minimum atomic E-state index is -1.48. The normalized spacial score (nSPS) is 11.7. The Labute approximate surface area is 178 Å². The zero-order chi connectivity index (χ0) is 22.3. The van der Waals surface area contributed by atoms with E-state index in [1.54, 1.807) is 18.2 Å². The molecule has 2 rings (SSSR count). The van der Waals surface area contributed by atoms with Gasteiger partial charge in [-0.3, -0.25) is 10.2 Å². The molecule has 2 aromatic rings. The highest BCUT2D eigenvalue weighted by atomic mass is 35.5. The van der Waals surface area contributed by atoms with E-state index in [1.807, 2.05) is 31.2 Å². The number of amides is 2. The lowest BCUT2D eigenvalue weighted by Crippen LogP contribution is -2.40. The van der Waals surface area contributed by atoms with Crippen molar-refractivity contribution in [3.05, 3.63) is 64.2 Å². The number of benzene rings is 2. The van der Waals surface area contributed by atoms with Gasteiger partial charge < -0.3 is 5.11 Å². The van der Waals surface area contributed by atoms with Gasteiger partial charge in [-0.2, -0.15) is 15.6 Å². The summed E-state index contributed by atoms with van der Waals surface area (Å²) in [6.07, 6.45) is -1.48. The number of aryl methyl sites for hydroxylation is 1. The molecule has 0 aliphatic rings. The van der Waals surface area contributed by atoms with Gasteiger partial charge in [-0.25, -0.2) is 9.69 Å². The van der Waals surface area contributed by atoms with Crippen LogP contribution in [0.5, 0.6) is 0 Å². The molecule has 30 heavy (non-hydrogen) atoms. The molecule has 0 aliphatic heterocycles. The molecular formula is C21H18ClN5O3. The van der Waals surface area contributed by atoms with Crippen molar-refractivity contribution < 1.29 is 14.7 Å². The predicted molar refractivity (Wildman–Crippen MR) is 112 cm³/mol. The average Bonchev–Trinajstić information content (AvgIpc) is 2.72. The van der Waals surface area contributed by atoms with E-state index in [2.05, 4.69) is 16.6 Å². The molecule has 9 heteroatoms. The molecular weight excluding hydrogens is 406 g/mol. The number of hydrogen-bond acceptors (Lipinski definition) is 6. The fourth-order valence-electron chi connectivity index (χ4n) is 2.65. The number of nitrogens with one attached hydrogen (secondary N) is 1. The average molecular weight is 424 g/mol. The molecule has 1 unspecified atom stereocenters. The van der Waals surface area contributed by atoms with Crippen LogP contribution in [-0.4, -0.2) is 34.3 Å². The van der Waals surface area contributed by atoms with Crippen LogP contribution in [0.25, 0.3) is 0 Å². The topological polar surface area (TPSA) is 130 Å². The van der Waals surface area contributed by atoms with Crippen molar-refractivity contribution in [1.29, 1.82) is 10.5 Å². The molecule has 0 spiro atoms. The van der Waals surface area contributed by atoms with E-state index in [4.69, 9.17) is 22.0 Å². The van der Waals surface area contributed by atoms with E-state index in [-0.39, 0.29) is 6.54 Å². The van der Waals surface area contributed by atoms with E-state index >= 15 is 0 Å². The van der Waals surface area contributed by atoms with Gasteiger partial charge in [-0.1, -0.05) is 47.5 Å². The molecule has 0 fully saturated rings. The standard InChI is InChI=1S/C21H18ClN5O3/c1-3-27(21(29)30)20(28)19(12-24)26-25-15-8-9-16(18(22)10-15)17(11-23)14-6-4-13(2)5-7-14/h4-10,17,25H,3H2,1-2H3,(H,29,30). The lowest BCUT2D eigenvalue weighted by molar-refractivity contribution is -0.121. The summed E-state index contributed by atoms with van der Waals surface area (Å²) in [5, 5.41) is 31.7. The van der Waals surface area contributed by atoms with Crippen molar-refractivity contribution in [1.82, 2.24) is 4.90 Å². The minimum Gasteiger partial charge on any atom is -0.465 e. The Morgan fingerprint density at radius 2 is 1.90 bits per heavy atom. The van der Waals surface area contributed by atoms with Crippen LogP contribution in [0.4, 0.5) is 10.5 Å². The van der Waals surface area contributed by atoms with Crippen LogP contribution in [-0.2, 0) is 4.79 Å². The number of carbonyl (C=O) groups excluding carboxylic acids is 1. The molecule has 0 radical (unpaired) electrons. The number of nitriles is 2. The number of nitrogens with zero attached hydrogens (tertiary/aromatic N) is 4. The SMILES string of the molecule is CCN(C(=O)O)C(=O)C(C#N)=NNc1ccc(C(C#N)c2ccc(C)cc2)c(Cl)c1. The first kappa shape index (κ1) is 22.4. The van der Waals surface area contributed by atoms with Gasteiger partial charge in [0.15, 0.2) is 0 Å². The summed E-state index contributed by atoms with van der Waals surface area (Å²) in [6, 6.07) is 16.1. The number of carboxylic acid groups (broad SMARTS) is 1. The van der Waals surface area contributed by atoms with Crippen LogP contribution in [0.2, 0.25) is 5.02 Å². The van der Waals surface area contributed by atoms with Crippen molar-refractivity contribution in [2.45, 2.75) is 19.8 Å². The lowest BCUT2D eigenvalue weighted by atomic mass is 9.92. The van der Waals surface area contributed by atoms with E-state index < -0.39 is 23.6 Å². The van der Waals surface area contributed by atoms with Gasteiger partial charge in [0.05, 0.1) is 17.7 Å². The Kier molecular flexibility index (Phi) is 7.51. The van der Waals surface area contributed by atoms with Crippen molar-refractivity contribution in [3.8, 4) is 12.1 Å². The van der Waals surface area contributed by atoms with Crippen molar-refractivity contribution in [3.63, 3.8) is 0 Å². The van der Waals surface area contributed by atoms with E-state index in [1.165, 1.54) is 13.0 Å². The zero-order valence-electron chi connectivity index (χ0n) is 16.3. The van der Waals surface area contributed by atoms with Gasteiger partial charge in [0.2, 0.25) is 5.71 Å². The van der Waals surface area contributed by atoms with Gasteiger partial charge in [0, 0.05) is 11.6 Å².